The van der Waals surface area contributed by atoms with Gasteiger partial charge < -0.3 is 10.6 Å². The van der Waals surface area contributed by atoms with Crippen molar-refractivity contribution in [3.05, 3.63) is 16.6 Å². The summed E-state index contributed by atoms with van der Waals surface area (Å²) in [6.07, 6.45) is 1.63. The number of carbonyl (C=O) groups is 1. The first-order valence-corrected chi connectivity index (χ1v) is 5.50. The van der Waals surface area contributed by atoms with E-state index in [0.717, 1.165) is 26.2 Å². The number of hydrogen-bond donors (Lipinski definition) is 2. The molecule has 1 aliphatic rings. The molecular weight excluding hydrogens is 198 g/mol. The molecule has 4 nitrogen and oxygen atoms in total. The molecule has 0 unspecified atom stereocenters. The Morgan fingerprint density at radius 2 is 1.93 bits per heavy atom. The molecule has 2 N–H and O–H groups in total. The maximum Gasteiger partial charge on any atom is 0.188 e. The summed E-state index contributed by atoms with van der Waals surface area (Å²) >= 11 is 1.37. The number of piperazine rings is 1. The van der Waals surface area contributed by atoms with E-state index in [-0.39, 0.29) is 5.78 Å². The number of nitrogens with one attached hydrogen (secondary N) is 2. The average Bonchev–Trinajstić information content (AvgIpc) is 2.74. The van der Waals surface area contributed by atoms with Gasteiger partial charge >= 0.3 is 0 Å². The number of thiazole rings is 1. The number of aromatic nitrogens is 1. The van der Waals surface area contributed by atoms with E-state index in [9.17, 15) is 4.79 Å². The van der Waals surface area contributed by atoms with Gasteiger partial charge in [0.15, 0.2) is 10.8 Å². The average molecular weight is 213 g/mol. The summed E-state index contributed by atoms with van der Waals surface area (Å²) in [5.41, 5.74) is 0. The molecule has 0 aromatic carbocycles. The van der Waals surface area contributed by atoms with Crippen LogP contribution in [0.4, 0.5) is 0 Å². The van der Waals surface area contributed by atoms with Gasteiger partial charge in [0, 0.05) is 44.7 Å². The van der Waals surface area contributed by atoms with Crippen molar-refractivity contribution >= 4 is 17.1 Å². The van der Waals surface area contributed by atoms with Crippen molar-refractivity contribution in [3.8, 4) is 0 Å². The van der Waals surface area contributed by atoms with E-state index in [1.807, 2.05) is 0 Å². The molecule has 0 radical (unpaired) electrons. The van der Waals surface area contributed by atoms with Gasteiger partial charge in [0.25, 0.3) is 0 Å². The van der Waals surface area contributed by atoms with Gasteiger partial charge in [-0.3, -0.25) is 4.79 Å². The first-order valence-electron chi connectivity index (χ1n) is 4.62. The fourth-order valence-electron chi connectivity index (χ4n) is 1.00. The van der Waals surface area contributed by atoms with Gasteiger partial charge in [-0.2, -0.15) is 0 Å². The van der Waals surface area contributed by atoms with E-state index < -0.39 is 0 Å². The van der Waals surface area contributed by atoms with Crippen LogP contribution in [-0.2, 0) is 0 Å². The smallest absolute Gasteiger partial charge is 0.188 e. The molecule has 0 aliphatic carbocycles. The zero-order chi connectivity index (χ0) is 10.2. The van der Waals surface area contributed by atoms with Crippen molar-refractivity contribution in [1.82, 2.24) is 15.6 Å². The molecule has 1 aliphatic heterocycles. The van der Waals surface area contributed by atoms with Crippen LogP contribution in [0.2, 0.25) is 0 Å². The van der Waals surface area contributed by atoms with Gasteiger partial charge in [-0.05, 0) is 0 Å². The molecular formula is C9H15N3OS. The lowest BCUT2D eigenvalue weighted by Crippen LogP contribution is -2.39. The molecule has 78 valence electrons. The van der Waals surface area contributed by atoms with Crippen molar-refractivity contribution < 1.29 is 4.79 Å². The van der Waals surface area contributed by atoms with E-state index in [1.165, 1.54) is 18.3 Å². The second-order valence-electron chi connectivity index (χ2n) is 2.89. The number of ketones is 1. The molecule has 5 heteroatoms. The highest BCUT2D eigenvalue weighted by Gasteiger charge is 1.97. The van der Waals surface area contributed by atoms with Crippen molar-refractivity contribution in [2.45, 2.75) is 6.92 Å². The van der Waals surface area contributed by atoms with Crippen LogP contribution in [-0.4, -0.2) is 36.9 Å². The molecule has 14 heavy (non-hydrogen) atoms. The van der Waals surface area contributed by atoms with Crippen LogP contribution in [0, 0.1) is 0 Å². The summed E-state index contributed by atoms with van der Waals surface area (Å²) in [6.45, 7) is 6.07. The molecule has 0 bridgehead atoms. The van der Waals surface area contributed by atoms with E-state index in [0.29, 0.717) is 5.01 Å². The normalized spacial score (nSPS) is 15.5. The predicted molar refractivity (Wildman–Crippen MR) is 57.9 cm³/mol. The molecule has 1 aromatic rings. The van der Waals surface area contributed by atoms with E-state index in [1.54, 1.807) is 11.6 Å². The van der Waals surface area contributed by atoms with Crippen LogP contribution in [0.1, 0.15) is 16.7 Å². The molecule has 2 heterocycles. The Labute approximate surface area is 87.7 Å². The van der Waals surface area contributed by atoms with Crippen LogP contribution in [0.15, 0.2) is 11.6 Å². The van der Waals surface area contributed by atoms with Crippen molar-refractivity contribution in [1.29, 1.82) is 0 Å². The highest BCUT2D eigenvalue weighted by Crippen LogP contribution is 2.02. The highest BCUT2D eigenvalue weighted by molar-refractivity contribution is 7.11. The Balaban J connectivity index is 0.000000146. The summed E-state index contributed by atoms with van der Waals surface area (Å²) in [4.78, 5) is 14.2. The van der Waals surface area contributed by atoms with Crippen LogP contribution >= 0.6 is 11.3 Å². The Bertz CT molecular complexity index is 246. The highest BCUT2D eigenvalue weighted by atomic mass is 32.1. The minimum atomic E-state index is 0.0417. The van der Waals surface area contributed by atoms with E-state index in [2.05, 4.69) is 15.6 Å². The molecule has 1 fully saturated rings. The summed E-state index contributed by atoms with van der Waals surface area (Å²) in [5.74, 6) is 0.0417. The lowest BCUT2D eigenvalue weighted by Gasteiger charge is -2.11. The zero-order valence-electron chi connectivity index (χ0n) is 8.25. The minimum absolute atomic E-state index is 0.0417. The number of carbonyl (C=O) groups excluding carboxylic acids is 1. The largest absolute Gasteiger partial charge is 0.314 e. The number of nitrogens with zero attached hydrogens (tertiary/aromatic N) is 1. The van der Waals surface area contributed by atoms with Gasteiger partial charge in [0.05, 0.1) is 0 Å². The lowest BCUT2D eigenvalue weighted by molar-refractivity contribution is 0.101. The number of Topliss-reactive ketones (excluding diaryl/α,β-unsaturated/α-hetero) is 1. The van der Waals surface area contributed by atoms with Gasteiger partial charge in [-0.25, -0.2) is 4.98 Å². The Morgan fingerprint density at radius 3 is 2.14 bits per heavy atom. The topological polar surface area (TPSA) is 54.0 Å². The fourth-order valence-corrected chi connectivity index (χ4v) is 1.54. The van der Waals surface area contributed by atoms with Crippen molar-refractivity contribution in [2.75, 3.05) is 26.2 Å². The molecule has 0 spiro atoms. The van der Waals surface area contributed by atoms with Gasteiger partial charge in [0.1, 0.15) is 0 Å². The van der Waals surface area contributed by atoms with Crippen LogP contribution in [0.25, 0.3) is 0 Å². The quantitative estimate of drug-likeness (QED) is 0.668. The number of rotatable bonds is 1. The molecule has 1 aromatic heterocycles. The summed E-state index contributed by atoms with van der Waals surface area (Å²) in [6, 6.07) is 0. The Hall–Kier alpha value is -0.780. The SMILES string of the molecule is C1CNCCN1.CC(=O)c1nccs1. The van der Waals surface area contributed by atoms with E-state index in [4.69, 9.17) is 0 Å². The van der Waals surface area contributed by atoms with Gasteiger partial charge in [-0.1, -0.05) is 0 Å². The van der Waals surface area contributed by atoms with Crippen LogP contribution in [0.3, 0.4) is 0 Å². The Kier molecular flexibility index (Phi) is 5.36. The van der Waals surface area contributed by atoms with E-state index >= 15 is 0 Å². The summed E-state index contributed by atoms with van der Waals surface area (Å²) in [7, 11) is 0. The number of hydrogen-bond acceptors (Lipinski definition) is 5. The Morgan fingerprint density at radius 1 is 1.36 bits per heavy atom. The molecule has 2 rings (SSSR count). The molecule has 1 saturated heterocycles. The van der Waals surface area contributed by atoms with Gasteiger partial charge in [-0.15, -0.1) is 11.3 Å². The zero-order valence-corrected chi connectivity index (χ0v) is 9.06. The lowest BCUT2D eigenvalue weighted by atomic mass is 10.4. The monoisotopic (exact) mass is 213 g/mol. The second kappa shape index (κ2) is 6.64. The molecule has 0 amide bonds. The van der Waals surface area contributed by atoms with Crippen molar-refractivity contribution in [3.63, 3.8) is 0 Å². The summed E-state index contributed by atoms with van der Waals surface area (Å²) in [5, 5.41) is 8.82. The maximum absolute atomic E-state index is 10.5. The second-order valence-corrected chi connectivity index (χ2v) is 3.79. The molecule has 0 saturated carbocycles. The molecule has 0 atom stereocenters. The standard InChI is InChI=1S/C5H5NOS.C4H10N2/c1-4(7)5-6-2-3-8-5;1-2-6-4-3-5-1/h2-3H,1H3;5-6H,1-4H2. The van der Waals surface area contributed by atoms with Crippen LogP contribution in [0.5, 0.6) is 0 Å². The summed E-state index contributed by atoms with van der Waals surface area (Å²) < 4.78 is 0. The fraction of sp³-hybridized carbons (Fsp3) is 0.556. The maximum atomic E-state index is 10.5. The first-order chi connectivity index (χ1) is 6.80. The third kappa shape index (κ3) is 4.45. The van der Waals surface area contributed by atoms with Crippen LogP contribution < -0.4 is 10.6 Å². The van der Waals surface area contributed by atoms with Crippen molar-refractivity contribution in [2.24, 2.45) is 0 Å². The third-order valence-electron chi connectivity index (χ3n) is 1.69. The minimum Gasteiger partial charge on any atom is -0.314 e. The third-order valence-corrected chi connectivity index (χ3v) is 2.56. The first kappa shape index (κ1) is 11.3. The predicted octanol–water partition coefficient (Wildman–Crippen LogP) is 0.525. The van der Waals surface area contributed by atoms with Gasteiger partial charge in [0.2, 0.25) is 0 Å².